The van der Waals surface area contributed by atoms with E-state index in [9.17, 15) is 13.2 Å². The van der Waals surface area contributed by atoms with E-state index in [0.717, 1.165) is 17.7 Å². The number of alkyl halides is 3. The summed E-state index contributed by atoms with van der Waals surface area (Å²) >= 11 is 0. The predicted octanol–water partition coefficient (Wildman–Crippen LogP) is 2.66. The monoisotopic (exact) mass is 200 g/mol. The molecule has 1 N–H and O–H groups in total. The lowest BCUT2D eigenvalue weighted by Crippen LogP contribution is -2.09. The minimum Gasteiger partial charge on any atom is -0.279 e. The molecule has 0 bridgehead atoms. The Morgan fingerprint density at radius 1 is 1.29 bits per heavy atom. The van der Waals surface area contributed by atoms with Crippen LogP contribution >= 0.6 is 0 Å². The highest BCUT2D eigenvalue weighted by molar-refractivity contribution is 5.71. The van der Waals surface area contributed by atoms with Gasteiger partial charge in [0.1, 0.15) is 0 Å². The highest BCUT2D eigenvalue weighted by Crippen LogP contribution is 2.32. The van der Waals surface area contributed by atoms with Crippen molar-refractivity contribution < 1.29 is 13.2 Å². The summed E-state index contributed by atoms with van der Waals surface area (Å²) in [6, 6.07) is 3.63. The quantitative estimate of drug-likeness (QED) is 0.684. The Kier molecular flexibility index (Phi) is 1.94. The van der Waals surface area contributed by atoms with Crippen molar-refractivity contribution in [3.63, 3.8) is 0 Å². The summed E-state index contributed by atoms with van der Waals surface area (Å²) < 4.78 is 36.9. The second-order valence-electron chi connectivity index (χ2n) is 3.00. The van der Waals surface area contributed by atoms with Crippen molar-refractivity contribution in [3.8, 4) is 0 Å². The molecule has 0 amide bonds. The largest absolute Gasteiger partial charge is 0.416 e. The van der Waals surface area contributed by atoms with Gasteiger partial charge in [0.25, 0.3) is 0 Å². The van der Waals surface area contributed by atoms with Gasteiger partial charge in [-0.3, -0.25) is 5.43 Å². The third-order valence-electron chi connectivity index (χ3n) is 2.02. The first kappa shape index (κ1) is 9.05. The highest BCUT2D eigenvalue weighted by Gasteiger charge is 2.31. The molecule has 1 aliphatic rings. The smallest absolute Gasteiger partial charge is 0.279 e. The Morgan fingerprint density at radius 3 is 2.79 bits per heavy atom. The summed E-state index contributed by atoms with van der Waals surface area (Å²) in [7, 11) is 0. The van der Waals surface area contributed by atoms with Crippen LogP contribution in [0.1, 0.15) is 11.1 Å². The van der Waals surface area contributed by atoms with E-state index in [0.29, 0.717) is 12.1 Å². The van der Waals surface area contributed by atoms with Gasteiger partial charge in [-0.1, -0.05) is 6.07 Å². The van der Waals surface area contributed by atoms with Gasteiger partial charge in [0, 0.05) is 12.6 Å². The Hall–Kier alpha value is -1.52. The molecule has 1 aliphatic heterocycles. The van der Waals surface area contributed by atoms with Crippen LogP contribution in [0.15, 0.2) is 23.3 Å². The Bertz CT molecular complexity index is 382. The molecular formula is C9H7F3N2. The number of rotatable bonds is 0. The van der Waals surface area contributed by atoms with Crippen LogP contribution in [0.5, 0.6) is 0 Å². The third-order valence-corrected chi connectivity index (χ3v) is 2.02. The SMILES string of the molecule is FC(F)(F)c1ccc2c(c1)NN=CC2. The maximum absolute atomic E-state index is 12.3. The number of fused-ring (bicyclic) bond motifs is 1. The summed E-state index contributed by atoms with van der Waals surface area (Å²) in [6.45, 7) is 0. The van der Waals surface area contributed by atoms with Gasteiger partial charge in [0.05, 0.1) is 11.3 Å². The normalized spacial score (nSPS) is 14.8. The second kappa shape index (κ2) is 3.01. The van der Waals surface area contributed by atoms with Gasteiger partial charge in [0.15, 0.2) is 0 Å². The van der Waals surface area contributed by atoms with Crippen LogP contribution < -0.4 is 5.43 Å². The summed E-state index contributed by atoms with van der Waals surface area (Å²) in [5.41, 5.74) is 3.15. The van der Waals surface area contributed by atoms with E-state index in [1.165, 1.54) is 6.07 Å². The number of hydrazone groups is 1. The number of anilines is 1. The van der Waals surface area contributed by atoms with Gasteiger partial charge < -0.3 is 0 Å². The Labute approximate surface area is 78.4 Å². The van der Waals surface area contributed by atoms with E-state index in [1.54, 1.807) is 6.21 Å². The number of halogens is 3. The van der Waals surface area contributed by atoms with Crippen LogP contribution in [0, 0.1) is 0 Å². The molecule has 0 radical (unpaired) electrons. The van der Waals surface area contributed by atoms with Crippen molar-refractivity contribution in [1.82, 2.24) is 0 Å². The van der Waals surface area contributed by atoms with E-state index in [-0.39, 0.29) is 0 Å². The molecule has 0 saturated carbocycles. The first-order valence-corrected chi connectivity index (χ1v) is 4.05. The molecule has 2 rings (SSSR count). The lowest BCUT2D eigenvalue weighted by molar-refractivity contribution is -0.137. The van der Waals surface area contributed by atoms with Gasteiger partial charge in [-0.05, 0) is 17.7 Å². The minimum absolute atomic E-state index is 0.433. The van der Waals surface area contributed by atoms with E-state index in [4.69, 9.17) is 0 Å². The van der Waals surface area contributed by atoms with Crippen LogP contribution in [0.4, 0.5) is 18.9 Å². The zero-order valence-electron chi connectivity index (χ0n) is 7.10. The molecular weight excluding hydrogens is 193 g/mol. The molecule has 0 atom stereocenters. The van der Waals surface area contributed by atoms with Crippen molar-refractivity contribution in [2.24, 2.45) is 5.10 Å². The number of benzene rings is 1. The number of hydrogen-bond acceptors (Lipinski definition) is 2. The van der Waals surface area contributed by atoms with Gasteiger partial charge in [0.2, 0.25) is 0 Å². The van der Waals surface area contributed by atoms with E-state index >= 15 is 0 Å². The van der Waals surface area contributed by atoms with Crippen molar-refractivity contribution in [1.29, 1.82) is 0 Å². The second-order valence-corrected chi connectivity index (χ2v) is 3.00. The summed E-state index contributed by atoms with van der Waals surface area (Å²) in [4.78, 5) is 0. The lowest BCUT2D eigenvalue weighted by atomic mass is 10.1. The molecule has 0 unspecified atom stereocenters. The van der Waals surface area contributed by atoms with Gasteiger partial charge in [-0.15, -0.1) is 0 Å². The maximum Gasteiger partial charge on any atom is 0.416 e. The number of nitrogens with one attached hydrogen (secondary N) is 1. The van der Waals surface area contributed by atoms with Crippen LogP contribution in [-0.4, -0.2) is 6.21 Å². The number of hydrogen-bond donors (Lipinski definition) is 1. The molecule has 5 heteroatoms. The Morgan fingerprint density at radius 2 is 2.07 bits per heavy atom. The maximum atomic E-state index is 12.3. The fourth-order valence-electron chi connectivity index (χ4n) is 1.29. The van der Waals surface area contributed by atoms with Crippen LogP contribution in [0.2, 0.25) is 0 Å². The molecule has 1 aromatic rings. The first-order valence-electron chi connectivity index (χ1n) is 4.05. The summed E-state index contributed by atoms with van der Waals surface area (Å²) in [5.74, 6) is 0. The molecule has 2 nitrogen and oxygen atoms in total. The fourth-order valence-corrected chi connectivity index (χ4v) is 1.29. The van der Waals surface area contributed by atoms with Crippen molar-refractivity contribution >= 4 is 11.9 Å². The topological polar surface area (TPSA) is 24.4 Å². The molecule has 0 fully saturated rings. The fraction of sp³-hybridized carbons (Fsp3) is 0.222. The molecule has 0 saturated heterocycles. The molecule has 0 aliphatic carbocycles. The summed E-state index contributed by atoms with van der Waals surface area (Å²) in [6.07, 6.45) is -2.10. The van der Waals surface area contributed by atoms with Crippen LogP contribution in [0.3, 0.4) is 0 Å². The van der Waals surface area contributed by atoms with Gasteiger partial charge in [-0.25, -0.2) is 0 Å². The van der Waals surface area contributed by atoms with E-state index in [2.05, 4.69) is 10.5 Å². The molecule has 14 heavy (non-hydrogen) atoms. The average Bonchev–Trinajstić information content (AvgIpc) is 2.16. The third kappa shape index (κ3) is 1.57. The molecule has 74 valence electrons. The van der Waals surface area contributed by atoms with Crippen LogP contribution in [-0.2, 0) is 12.6 Å². The van der Waals surface area contributed by atoms with Gasteiger partial charge >= 0.3 is 6.18 Å². The first-order chi connectivity index (χ1) is 6.57. The summed E-state index contributed by atoms with van der Waals surface area (Å²) in [5, 5.41) is 3.70. The predicted molar refractivity (Wildman–Crippen MR) is 47.3 cm³/mol. The molecule has 1 heterocycles. The minimum atomic E-state index is -4.29. The zero-order chi connectivity index (χ0) is 10.2. The van der Waals surface area contributed by atoms with E-state index < -0.39 is 11.7 Å². The van der Waals surface area contributed by atoms with Crippen molar-refractivity contribution in [2.75, 3.05) is 5.43 Å². The lowest BCUT2D eigenvalue weighted by Gasteiger charge is -2.14. The number of nitrogens with zero attached hydrogens (tertiary/aromatic N) is 1. The highest BCUT2D eigenvalue weighted by atomic mass is 19.4. The average molecular weight is 200 g/mol. The van der Waals surface area contributed by atoms with Crippen LogP contribution in [0.25, 0.3) is 0 Å². The zero-order valence-corrected chi connectivity index (χ0v) is 7.10. The molecule has 1 aromatic carbocycles. The van der Waals surface area contributed by atoms with Crippen molar-refractivity contribution in [2.45, 2.75) is 12.6 Å². The molecule has 0 aromatic heterocycles. The van der Waals surface area contributed by atoms with Gasteiger partial charge in [-0.2, -0.15) is 18.3 Å². The van der Waals surface area contributed by atoms with Crippen molar-refractivity contribution in [3.05, 3.63) is 29.3 Å². The standard InChI is InChI=1S/C9H7F3N2/c10-9(11,12)7-2-1-6-3-4-13-14-8(6)5-7/h1-2,4-5,14H,3H2. The van der Waals surface area contributed by atoms with E-state index in [1.807, 2.05) is 0 Å². The molecule has 0 spiro atoms. The Balaban J connectivity index is 2.41.